The highest BCUT2D eigenvalue weighted by molar-refractivity contribution is 5.94. The molecule has 0 aliphatic rings. The zero-order valence-corrected chi connectivity index (χ0v) is 11.0. The molecule has 0 aromatic carbocycles. The summed E-state index contributed by atoms with van der Waals surface area (Å²) in [6.45, 7) is 6.29. The third-order valence-electron chi connectivity index (χ3n) is 2.71. The molecule has 1 rings (SSSR count). The van der Waals surface area contributed by atoms with E-state index in [0.717, 1.165) is 12.1 Å². The number of aromatic nitrogens is 2. The van der Waals surface area contributed by atoms with Gasteiger partial charge in [-0.1, -0.05) is 6.92 Å². The summed E-state index contributed by atoms with van der Waals surface area (Å²) in [6.07, 6.45) is 0.748. The molecule has 0 bridgehead atoms. The van der Waals surface area contributed by atoms with E-state index in [9.17, 15) is 9.59 Å². The van der Waals surface area contributed by atoms with Gasteiger partial charge in [0, 0.05) is 13.1 Å². The Morgan fingerprint density at radius 2 is 2.06 bits per heavy atom. The highest BCUT2D eigenvalue weighted by Gasteiger charge is 2.21. The quantitative estimate of drug-likeness (QED) is 0.821. The van der Waals surface area contributed by atoms with Gasteiger partial charge in [0.15, 0.2) is 0 Å². The van der Waals surface area contributed by atoms with Gasteiger partial charge in [0.2, 0.25) is 0 Å². The maximum atomic E-state index is 12.2. The molecule has 1 N–H and O–H groups in total. The number of nitrogens with zero attached hydrogens (tertiary/aromatic N) is 3. The van der Waals surface area contributed by atoms with Crippen molar-refractivity contribution in [1.82, 2.24) is 14.7 Å². The Morgan fingerprint density at radius 1 is 1.39 bits per heavy atom. The highest BCUT2D eigenvalue weighted by atomic mass is 16.4. The van der Waals surface area contributed by atoms with Crippen LogP contribution in [-0.2, 0) is 17.8 Å². The Hall–Kier alpha value is -1.85. The molecule has 100 valence electrons. The van der Waals surface area contributed by atoms with E-state index in [1.54, 1.807) is 17.7 Å². The molecule has 0 atom stereocenters. The molecule has 0 spiro atoms. The van der Waals surface area contributed by atoms with Crippen molar-refractivity contribution in [2.24, 2.45) is 0 Å². The van der Waals surface area contributed by atoms with E-state index < -0.39 is 5.97 Å². The molecule has 0 unspecified atom stereocenters. The van der Waals surface area contributed by atoms with Crippen LogP contribution in [0.15, 0.2) is 6.07 Å². The van der Waals surface area contributed by atoms with Crippen molar-refractivity contribution >= 4 is 11.9 Å². The molecule has 1 aromatic heterocycles. The molecule has 1 amide bonds. The molecule has 18 heavy (non-hydrogen) atoms. The summed E-state index contributed by atoms with van der Waals surface area (Å²) < 4.78 is 1.62. The second-order valence-electron chi connectivity index (χ2n) is 3.90. The van der Waals surface area contributed by atoms with Gasteiger partial charge in [-0.15, -0.1) is 0 Å². The van der Waals surface area contributed by atoms with Gasteiger partial charge in [-0.25, -0.2) is 0 Å². The lowest BCUT2D eigenvalue weighted by Crippen LogP contribution is -2.36. The summed E-state index contributed by atoms with van der Waals surface area (Å²) in [5.74, 6) is -1.29. The number of carbonyl (C=O) groups excluding carboxylic acids is 1. The fourth-order valence-electron chi connectivity index (χ4n) is 1.71. The normalized spacial score (nSPS) is 10.4. The molecule has 6 heteroatoms. The second kappa shape index (κ2) is 6.18. The average Bonchev–Trinajstić information content (AvgIpc) is 2.78. The summed E-state index contributed by atoms with van der Waals surface area (Å²) in [5, 5.41) is 13.1. The minimum atomic E-state index is -1.01. The lowest BCUT2D eigenvalue weighted by molar-refractivity contribution is -0.137. The lowest BCUT2D eigenvalue weighted by Gasteiger charge is -2.18. The van der Waals surface area contributed by atoms with E-state index in [4.69, 9.17) is 5.11 Å². The first-order valence-electron chi connectivity index (χ1n) is 6.11. The van der Waals surface area contributed by atoms with Crippen molar-refractivity contribution < 1.29 is 14.7 Å². The second-order valence-corrected chi connectivity index (χ2v) is 3.90. The zero-order valence-electron chi connectivity index (χ0n) is 11.0. The van der Waals surface area contributed by atoms with Gasteiger partial charge < -0.3 is 10.0 Å². The van der Waals surface area contributed by atoms with Crippen LogP contribution in [0, 0.1) is 0 Å². The van der Waals surface area contributed by atoms with E-state index in [2.05, 4.69) is 5.10 Å². The SMILES string of the molecule is CCc1cc(C(=O)N(CC)CC(=O)O)n(CC)n1. The molecule has 0 aliphatic heterocycles. The number of aryl methyl sites for hydroxylation is 2. The van der Waals surface area contributed by atoms with Gasteiger partial charge in [-0.05, 0) is 26.3 Å². The number of carboxylic acid groups (broad SMARTS) is 1. The number of carboxylic acids is 1. The Kier molecular flexibility index (Phi) is 4.88. The maximum absolute atomic E-state index is 12.2. The van der Waals surface area contributed by atoms with Crippen LogP contribution in [0.4, 0.5) is 0 Å². The van der Waals surface area contributed by atoms with E-state index >= 15 is 0 Å². The molecule has 6 nitrogen and oxygen atoms in total. The molecule has 0 saturated heterocycles. The summed E-state index contributed by atoms with van der Waals surface area (Å²) in [4.78, 5) is 24.2. The molecule has 0 radical (unpaired) electrons. The van der Waals surface area contributed by atoms with Crippen molar-refractivity contribution in [1.29, 1.82) is 0 Å². The van der Waals surface area contributed by atoms with Crippen molar-refractivity contribution in [2.75, 3.05) is 13.1 Å². The minimum Gasteiger partial charge on any atom is -0.480 e. The summed E-state index contributed by atoms with van der Waals surface area (Å²) >= 11 is 0. The summed E-state index contributed by atoms with van der Waals surface area (Å²) in [7, 11) is 0. The predicted octanol–water partition coefficient (Wildman–Crippen LogP) is 1.01. The first-order valence-corrected chi connectivity index (χ1v) is 6.11. The molecule has 0 aliphatic carbocycles. The van der Waals surface area contributed by atoms with E-state index in [-0.39, 0.29) is 12.5 Å². The first-order chi connectivity index (χ1) is 8.53. The molecule has 1 aromatic rings. The zero-order chi connectivity index (χ0) is 13.7. The summed E-state index contributed by atoms with van der Waals surface area (Å²) in [6, 6.07) is 1.73. The third kappa shape index (κ3) is 3.09. The van der Waals surface area contributed by atoms with E-state index in [1.165, 1.54) is 4.90 Å². The van der Waals surface area contributed by atoms with Crippen LogP contribution < -0.4 is 0 Å². The number of hydrogen-bond acceptors (Lipinski definition) is 3. The first kappa shape index (κ1) is 14.2. The topological polar surface area (TPSA) is 75.4 Å². The van der Waals surface area contributed by atoms with Gasteiger partial charge in [0.25, 0.3) is 5.91 Å². The van der Waals surface area contributed by atoms with Gasteiger partial charge >= 0.3 is 5.97 Å². The van der Waals surface area contributed by atoms with Crippen LogP contribution in [-0.4, -0.2) is 44.8 Å². The average molecular weight is 253 g/mol. The fraction of sp³-hybridized carbons (Fsp3) is 0.583. The van der Waals surface area contributed by atoms with E-state index in [1.807, 2.05) is 13.8 Å². The van der Waals surface area contributed by atoms with Crippen LogP contribution in [0.5, 0.6) is 0 Å². The number of rotatable bonds is 6. The van der Waals surface area contributed by atoms with Crippen molar-refractivity contribution in [3.05, 3.63) is 17.5 Å². The van der Waals surface area contributed by atoms with Gasteiger partial charge in [-0.2, -0.15) is 5.10 Å². The Bertz CT molecular complexity index is 440. The Morgan fingerprint density at radius 3 is 2.50 bits per heavy atom. The maximum Gasteiger partial charge on any atom is 0.323 e. The van der Waals surface area contributed by atoms with Crippen LogP contribution in [0.2, 0.25) is 0 Å². The molecule has 0 saturated carbocycles. The number of hydrogen-bond donors (Lipinski definition) is 1. The number of likely N-dealkylation sites (N-methyl/N-ethyl adjacent to an activating group) is 1. The van der Waals surface area contributed by atoms with Gasteiger partial charge in [-0.3, -0.25) is 14.3 Å². The number of aliphatic carboxylic acids is 1. The smallest absolute Gasteiger partial charge is 0.323 e. The number of amides is 1. The molecular formula is C12H19N3O3. The number of carbonyl (C=O) groups is 2. The van der Waals surface area contributed by atoms with Gasteiger partial charge in [0.05, 0.1) is 5.69 Å². The van der Waals surface area contributed by atoms with Crippen LogP contribution in [0.1, 0.15) is 37.0 Å². The van der Waals surface area contributed by atoms with Crippen molar-refractivity contribution in [2.45, 2.75) is 33.7 Å². The van der Waals surface area contributed by atoms with Crippen LogP contribution in [0.3, 0.4) is 0 Å². The monoisotopic (exact) mass is 253 g/mol. The largest absolute Gasteiger partial charge is 0.480 e. The highest BCUT2D eigenvalue weighted by Crippen LogP contribution is 2.09. The van der Waals surface area contributed by atoms with Crippen LogP contribution in [0.25, 0.3) is 0 Å². The van der Waals surface area contributed by atoms with Crippen molar-refractivity contribution in [3.63, 3.8) is 0 Å². The van der Waals surface area contributed by atoms with Crippen LogP contribution >= 0.6 is 0 Å². The standard InChI is InChI=1S/C12H19N3O3/c1-4-9-7-10(15(6-3)13-9)12(18)14(5-2)8-11(16)17/h7H,4-6,8H2,1-3H3,(H,16,17). The van der Waals surface area contributed by atoms with E-state index in [0.29, 0.717) is 18.8 Å². The molecular weight excluding hydrogens is 234 g/mol. The van der Waals surface area contributed by atoms with Crippen molar-refractivity contribution in [3.8, 4) is 0 Å². The molecule has 0 fully saturated rings. The predicted molar refractivity (Wildman–Crippen MR) is 66.5 cm³/mol. The fourth-order valence-corrected chi connectivity index (χ4v) is 1.71. The minimum absolute atomic E-state index is 0.283. The Balaban J connectivity index is 3.00. The van der Waals surface area contributed by atoms with Gasteiger partial charge in [0.1, 0.15) is 12.2 Å². The lowest BCUT2D eigenvalue weighted by atomic mass is 10.2. The summed E-state index contributed by atoms with van der Waals surface area (Å²) in [5.41, 5.74) is 1.30. The third-order valence-corrected chi connectivity index (χ3v) is 2.71. The molecule has 1 heterocycles. The Labute approximate surface area is 106 Å².